The SMILES string of the molecule is C#Cc1ccc2c(CC(N)C(=O)O)cn(C)c2c1. The maximum Gasteiger partial charge on any atom is 0.320 e. The molecule has 0 aliphatic carbocycles. The number of hydrogen-bond acceptors (Lipinski definition) is 2. The fraction of sp³-hybridized carbons (Fsp3) is 0.214. The molecule has 2 aromatic rings. The maximum absolute atomic E-state index is 10.8. The van der Waals surface area contributed by atoms with E-state index in [1.54, 1.807) is 0 Å². The van der Waals surface area contributed by atoms with Gasteiger partial charge in [0.1, 0.15) is 6.04 Å². The molecule has 0 bridgehead atoms. The first-order chi connectivity index (χ1) is 8.52. The van der Waals surface area contributed by atoms with Crippen LogP contribution in [-0.4, -0.2) is 21.7 Å². The van der Waals surface area contributed by atoms with Crippen LogP contribution in [0.2, 0.25) is 0 Å². The van der Waals surface area contributed by atoms with Crippen LogP contribution in [0.3, 0.4) is 0 Å². The third-order valence-electron chi connectivity index (χ3n) is 3.00. The van der Waals surface area contributed by atoms with Crippen molar-refractivity contribution in [2.75, 3.05) is 0 Å². The average molecular weight is 242 g/mol. The molecule has 0 fully saturated rings. The molecule has 2 rings (SSSR count). The van der Waals surface area contributed by atoms with Gasteiger partial charge in [-0.1, -0.05) is 12.0 Å². The number of rotatable bonds is 3. The third kappa shape index (κ3) is 2.08. The van der Waals surface area contributed by atoms with Crippen LogP contribution >= 0.6 is 0 Å². The van der Waals surface area contributed by atoms with Crippen molar-refractivity contribution in [1.82, 2.24) is 4.57 Å². The Bertz CT molecular complexity index is 650. The number of carboxylic acid groups (broad SMARTS) is 1. The van der Waals surface area contributed by atoms with Crippen LogP contribution < -0.4 is 5.73 Å². The van der Waals surface area contributed by atoms with Crippen molar-refractivity contribution in [1.29, 1.82) is 0 Å². The molecular weight excluding hydrogens is 228 g/mol. The Morgan fingerprint density at radius 2 is 2.33 bits per heavy atom. The Morgan fingerprint density at radius 3 is 2.94 bits per heavy atom. The van der Waals surface area contributed by atoms with Crippen molar-refractivity contribution in [3.05, 3.63) is 35.5 Å². The van der Waals surface area contributed by atoms with Crippen molar-refractivity contribution in [3.8, 4) is 12.3 Å². The van der Waals surface area contributed by atoms with Crippen LogP contribution in [0, 0.1) is 12.3 Å². The summed E-state index contributed by atoms with van der Waals surface area (Å²) in [7, 11) is 1.90. The predicted molar refractivity (Wildman–Crippen MR) is 70.2 cm³/mol. The van der Waals surface area contributed by atoms with E-state index in [1.807, 2.05) is 36.0 Å². The molecule has 0 saturated carbocycles. The smallest absolute Gasteiger partial charge is 0.320 e. The molecule has 1 heterocycles. The predicted octanol–water partition coefficient (Wildman–Crippen LogP) is 1.11. The van der Waals surface area contributed by atoms with E-state index in [2.05, 4.69) is 5.92 Å². The minimum absolute atomic E-state index is 0.308. The van der Waals surface area contributed by atoms with Gasteiger partial charge in [0.15, 0.2) is 0 Å². The first-order valence-corrected chi connectivity index (χ1v) is 5.56. The van der Waals surface area contributed by atoms with Gasteiger partial charge in [-0.15, -0.1) is 6.42 Å². The number of benzene rings is 1. The molecule has 0 aliphatic heterocycles. The molecule has 0 amide bonds. The molecule has 1 atom stereocenters. The van der Waals surface area contributed by atoms with E-state index in [1.165, 1.54) is 0 Å². The van der Waals surface area contributed by atoms with Gasteiger partial charge in [0.05, 0.1) is 0 Å². The van der Waals surface area contributed by atoms with Gasteiger partial charge in [-0.25, -0.2) is 0 Å². The Morgan fingerprint density at radius 1 is 1.61 bits per heavy atom. The van der Waals surface area contributed by atoms with Crippen LogP contribution in [0.5, 0.6) is 0 Å². The highest BCUT2D eigenvalue weighted by molar-refractivity contribution is 5.86. The van der Waals surface area contributed by atoms with Gasteiger partial charge in [-0.2, -0.15) is 0 Å². The molecule has 18 heavy (non-hydrogen) atoms. The molecule has 1 unspecified atom stereocenters. The van der Waals surface area contributed by atoms with Crippen LogP contribution in [0.1, 0.15) is 11.1 Å². The summed E-state index contributed by atoms with van der Waals surface area (Å²) in [5.41, 5.74) is 8.27. The largest absolute Gasteiger partial charge is 0.480 e. The molecule has 1 aromatic carbocycles. The van der Waals surface area contributed by atoms with Gasteiger partial charge < -0.3 is 15.4 Å². The van der Waals surface area contributed by atoms with Crippen molar-refractivity contribution >= 4 is 16.9 Å². The van der Waals surface area contributed by atoms with Gasteiger partial charge in [-0.05, 0) is 17.7 Å². The first-order valence-electron chi connectivity index (χ1n) is 5.56. The van der Waals surface area contributed by atoms with E-state index < -0.39 is 12.0 Å². The fourth-order valence-electron chi connectivity index (χ4n) is 2.04. The van der Waals surface area contributed by atoms with Gasteiger partial charge in [0.25, 0.3) is 0 Å². The lowest BCUT2D eigenvalue weighted by atomic mass is 10.0. The van der Waals surface area contributed by atoms with E-state index in [4.69, 9.17) is 17.3 Å². The van der Waals surface area contributed by atoms with Crippen LogP contribution in [0.4, 0.5) is 0 Å². The highest BCUT2D eigenvalue weighted by atomic mass is 16.4. The lowest BCUT2D eigenvalue weighted by molar-refractivity contribution is -0.138. The number of terminal acetylenes is 1. The topological polar surface area (TPSA) is 68.2 Å². The molecule has 1 aromatic heterocycles. The van der Waals surface area contributed by atoms with Crippen molar-refractivity contribution < 1.29 is 9.90 Å². The number of nitrogens with two attached hydrogens (primary N) is 1. The van der Waals surface area contributed by atoms with Crippen LogP contribution in [0.25, 0.3) is 10.9 Å². The summed E-state index contributed by atoms with van der Waals surface area (Å²) in [6, 6.07) is 4.78. The summed E-state index contributed by atoms with van der Waals surface area (Å²) >= 11 is 0. The number of carboxylic acids is 1. The summed E-state index contributed by atoms with van der Waals surface area (Å²) in [5, 5.41) is 9.84. The second-order valence-electron chi connectivity index (χ2n) is 4.29. The lowest BCUT2D eigenvalue weighted by Crippen LogP contribution is -2.32. The molecule has 3 N–H and O–H groups in total. The standard InChI is InChI=1S/C14H14N2O2/c1-3-9-4-5-11-10(7-12(15)14(17)18)8-16(2)13(11)6-9/h1,4-6,8,12H,7,15H2,2H3,(H,17,18). The highest BCUT2D eigenvalue weighted by Gasteiger charge is 2.15. The summed E-state index contributed by atoms with van der Waals surface area (Å²) in [6.45, 7) is 0. The summed E-state index contributed by atoms with van der Waals surface area (Å²) in [4.78, 5) is 10.8. The van der Waals surface area contributed by atoms with Gasteiger partial charge in [0.2, 0.25) is 0 Å². The van der Waals surface area contributed by atoms with Gasteiger partial charge in [0, 0.05) is 36.1 Å². The zero-order chi connectivity index (χ0) is 13.3. The van der Waals surface area contributed by atoms with E-state index in [0.29, 0.717) is 6.42 Å². The molecule has 92 valence electrons. The lowest BCUT2D eigenvalue weighted by Gasteiger charge is -2.04. The molecule has 0 spiro atoms. The van der Waals surface area contributed by atoms with Gasteiger partial charge in [-0.3, -0.25) is 4.79 Å². The minimum Gasteiger partial charge on any atom is -0.480 e. The number of carbonyl (C=O) groups is 1. The number of hydrogen-bond donors (Lipinski definition) is 2. The van der Waals surface area contributed by atoms with Crippen LogP contribution in [-0.2, 0) is 18.3 Å². The molecule has 0 saturated heterocycles. The minimum atomic E-state index is -0.993. The Labute approximate surface area is 105 Å². The highest BCUT2D eigenvalue weighted by Crippen LogP contribution is 2.22. The first kappa shape index (κ1) is 12.2. The number of aryl methyl sites for hydroxylation is 1. The number of aliphatic carboxylic acids is 1. The number of fused-ring (bicyclic) bond motifs is 1. The Balaban J connectivity index is 2.48. The summed E-state index contributed by atoms with van der Waals surface area (Å²) < 4.78 is 1.93. The number of aromatic nitrogens is 1. The molecular formula is C14H14N2O2. The zero-order valence-corrected chi connectivity index (χ0v) is 10.1. The summed E-state index contributed by atoms with van der Waals surface area (Å²) in [6.07, 6.45) is 7.57. The normalized spacial score (nSPS) is 12.3. The Kier molecular flexibility index (Phi) is 3.09. The monoisotopic (exact) mass is 242 g/mol. The van der Waals surface area contributed by atoms with Crippen molar-refractivity contribution in [3.63, 3.8) is 0 Å². The Hall–Kier alpha value is -2.25. The van der Waals surface area contributed by atoms with E-state index in [0.717, 1.165) is 22.0 Å². The van der Waals surface area contributed by atoms with Gasteiger partial charge >= 0.3 is 5.97 Å². The quantitative estimate of drug-likeness (QED) is 0.792. The zero-order valence-electron chi connectivity index (χ0n) is 10.1. The van der Waals surface area contributed by atoms with E-state index in [9.17, 15) is 4.79 Å². The third-order valence-corrected chi connectivity index (χ3v) is 3.00. The molecule has 0 aliphatic rings. The average Bonchev–Trinajstić information content (AvgIpc) is 2.65. The molecule has 4 nitrogen and oxygen atoms in total. The second kappa shape index (κ2) is 4.55. The second-order valence-corrected chi connectivity index (χ2v) is 4.29. The summed E-state index contributed by atoms with van der Waals surface area (Å²) in [5.74, 6) is 1.59. The van der Waals surface area contributed by atoms with Crippen molar-refractivity contribution in [2.24, 2.45) is 12.8 Å². The molecule has 4 heteroatoms. The molecule has 0 radical (unpaired) electrons. The van der Waals surface area contributed by atoms with E-state index in [-0.39, 0.29) is 0 Å². The number of nitrogens with zero attached hydrogens (tertiary/aromatic N) is 1. The fourth-order valence-corrected chi connectivity index (χ4v) is 2.04. The van der Waals surface area contributed by atoms with Crippen molar-refractivity contribution in [2.45, 2.75) is 12.5 Å². The van der Waals surface area contributed by atoms with Crippen LogP contribution in [0.15, 0.2) is 24.4 Å². The maximum atomic E-state index is 10.8. The van der Waals surface area contributed by atoms with E-state index >= 15 is 0 Å².